The van der Waals surface area contributed by atoms with E-state index < -0.39 is 0 Å². The molecule has 1 rings (SSSR count). The van der Waals surface area contributed by atoms with Crippen LogP contribution in [0.1, 0.15) is 12.1 Å². The molecule has 0 aliphatic heterocycles. The van der Waals surface area contributed by atoms with Crippen LogP contribution < -0.4 is 5.32 Å². The molecule has 13 heavy (non-hydrogen) atoms. The predicted molar refractivity (Wildman–Crippen MR) is 49.1 cm³/mol. The van der Waals surface area contributed by atoms with Crippen LogP contribution in [0.25, 0.3) is 0 Å². The number of esters is 1. The van der Waals surface area contributed by atoms with Crippen LogP contribution in [0, 0.1) is 0 Å². The second kappa shape index (κ2) is 5.37. The molecule has 4 heteroatoms. The van der Waals surface area contributed by atoms with Gasteiger partial charge in [-0.3, -0.25) is 4.79 Å². The number of carbonyl (C=O) groups is 1. The molecular weight excluding hydrogens is 168 g/mol. The SMILES string of the molecule is CNCCC(=O)OCc1ccc[nH]1. The minimum atomic E-state index is -0.177. The molecule has 0 spiro atoms. The highest BCUT2D eigenvalue weighted by atomic mass is 16.5. The average Bonchev–Trinajstić information content (AvgIpc) is 2.64. The fourth-order valence-electron chi connectivity index (χ4n) is 0.915. The first-order valence-electron chi connectivity index (χ1n) is 4.25. The molecule has 0 aromatic carbocycles. The molecule has 0 amide bonds. The number of nitrogens with one attached hydrogen (secondary N) is 2. The van der Waals surface area contributed by atoms with E-state index in [0.717, 1.165) is 5.69 Å². The maximum Gasteiger partial charge on any atom is 0.307 e. The second-order valence-electron chi connectivity index (χ2n) is 2.71. The van der Waals surface area contributed by atoms with Gasteiger partial charge in [-0.05, 0) is 19.2 Å². The molecule has 0 aliphatic rings. The number of aromatic amines is 1. The van der Waals surface area contributed by atoms with Gasteiger partial charge < -0.3 is 15.0 Å². The molecule has 0 saturated heterocycles. The fourth-order valence-corrected chi connectivity index (χ4v) is 0.915. The number of rotatable bonds is 5. The Bertz CT molecular complexity index is 244. The zero-order chi connectivity index (χ0) is 9.52. The van der Waals surface area contributed by atoms with Gasteiger partial charge in [0, 0.05) is 12.7 Å². The lowest BCUT2D eigenvalue weighted by molar-refractivity contribution is -0.144. The third-order valence-electron chi connectivity index (χ3n) is 1.63. The molecule has 0 aliphatic carbocycles. The van der Waals surface area contributed by atoms with Crippen LogP contribution in [0.15, 0.2) is 18.3 Å². The van der Waals surface area contributed by atoms with E-state index in [1.807, 2.05) is 12.1 Å². The van der Waals surface area contributed by atoms with Crippen LogP contribution in [0.2, 0.25) is 0 Å². The van der Waals surface area contributed by atoms with Crippen molar-refractivity contribution in [2.45, 2.75) is 13.0 Å². The van der Waals surface area contributed by atoms with Crippen molar-refractivity contribution >= 4 is 5.97 Å². The summed E-state index contributed by atoms with van der Waals surface area (Å²) in [6.45, 7) is 0.985. The summed E-state index contributed by atoms with van der Waals surface area (Å²) in [5.74, 6) is -0.177. The summed E-state index contributed by atoms with van der Waals surface area (Å²) in [5.41, 5.74) is 0.915. The lowest BCUT2D eigenvalue weighted by atomic mass is 10.4. The maximum absolute atomic E-state index is 11.0. The second-order valence-corrected chi connectivity index (χ2v) is 2.71. The lowest BCUT2D eigenvalue weighted by Crippen LogP contribution is -2.14. The Morgan fingerprint density at radius 2 is 2.54 bits per heavy atom. The Hall–Kier alpha value is -1.29. The van der Waals surface area contributed by atoms with Gasteiger partial charge in [0.15, 0.2) is 0 Å². The topological polar surface area (TPSA) is 54.1 Å². The average molecular weight is 182 g/mol. The molecule has 1 heterocycles. The molecule has 0 radical (unpaired) electrons. The highest BCUT2D eigenvalue weighted by molar-refractivity contribution is 5.69. The standard InChI is InChI=1S/C9H14N2O2/c1-10-6-4-9(12)13-7-8-3-2-5-11-8/h2-3,5,10-11H,4,6-7H2,1H3. The summed E-state index contributed by atoms with van der Waals surface area (Å²) in [7, 11) is 1.80. The summed E-state index contributed by atoms with van der Waals surface area (Å²) in [6.07, 6.45) is 2.22. The van der Waals surface area contributed by atoms with Crippen molar-refractivity contribution in [3.8, 4) is 0 Å². The summed E-state index contributed by atoms with van der Waals surface area (Å²) in [5, 5.41) is 2.88. The largest absolute Gasteiger partial charge is 0.459 e. The van der Waals surface area contributed by atoms with Crippen LogP contribution in [-0.4, -0.2) is 24.5 Å². The van der Waals surface area contributed by atoms with Crippen molar-refractivity contribution in [2.75, 3.05) is 13.6 Å². The Kier molecular flexibility index (Phi) is 4.05. The lowest BCUT2D eigenvalue weighted by Gasteiger charge is -2.02. The van der Waals surface area contributed by atoms with Crippen molar-refractivity contribution in [1.82, 2.24) is 10.3 Å². The van der Waals surface area contributed by atoms with Crippen LogP contribution in [-0.2, 0) is 16.1 Å². The van der Waals surface area contributed by atoms with Gasteiger partial charge in [-0.15, -0.1) is 0 Å². The molecule has 1 aromatic heterocycles. The first-order valence-corrected chi connectivity index (χ1v) is 4.25. The third kappa shape index (κ3) is 3.75. The van der Waals surface area contributed by atoms with Crippen molar-refractivity contribution in [3.63, 3.8) is 0 Å². The molecule has 0 atom stereocenters. The van der Waals surface area contributed by atoms with Crippen LogP contribution in [0.5, 0.6) is 0 Å². The van der Waals surface area contributed by atoms with E-state index in [2.05, 4.69) is 10.3 Å². The van der Waals surface area contributed by atoms with Crippen LogP contribution in [0.3, 0.4) is 0 Å². The Balaban J connectivity index is 2.15. The van der Waals surface area contributed by atoms with Gasteiger partial charge in [0.25, 0.3) is 0 Å². The molecule has 1 aromatic rings. The van der Waals surface area contributed by atoms with E-state index in [1.54, 1.807) is 13.2 Å². The molecule has 0 unspecified atom stereocenters. The van der Waals surface area contributed by atoms with E-state index in [9.17, 15) is 4.79 Å². The number of aromatic nitrogens is 1. The van der Waals surface area contributed by atoms with E-state index in [4.69, 9.17) is 4.74 Å². The smallest absolute Gasteiger partial charge is 0.307 e. The fraction of sp³-hybridized carbons (Fsp3) is 0.444. The van der Waals surface area contributed by atoms with Gasteiger partial charge in [-0.2, -0.15) is 0 Å². The summed E-state index contributed by atoms with van der Waals surface area (Å²) in [4.78, 5) is 14.0. The van der Waals surface area contributed by atoms with E-state index in [0.29, 0.717) is 19.6 Å². The Labute approximate surface area is 77.3 Å². The summed E-state index contributed by atoms with van der Waals surface area (Å²) < 4.78 is 4.98. The number of ether oxygens (including phenoxy) is 1. The number of hydrogen-bond acceptors (Lipinski definition) is 3. The number of carbonyl (C=O) groups excluding carboxylic acids is 1. The number of hydrogen-bond donors (Lipinski definition) is 2. The zero-order valence-electron chi connectivity index (χ0n) is 7.67. The monoisotopic (exact) mass is 182 g/mol. The first kappa shape index (κ1) is 9.80. The summed E-state index contributed by atoms with van der Waals surface area (Å²) >= 11 is 0. The number of H-pyrrole nitrogens is 1. The van der Waals surface area contributed by atoms with E-state index in [-0.39, 0.29) is 5.97 Å². The molecule has 0 saturated carbocycles. The van der Waals surface area contributed by atoms with Gasteiger partial charge in [0.2, 0.25) is 0 Å². The predicted octanol–water partition coefficient (Wildman–Crippen LogP) is 0.667. The van der Waals surface area contributed by atoms with E-state index >= 15 is 0 Å². The third-order valence-corrected chi connectivity index (χ3v) is 1.63. The minimum Gasteiger partial charge on any atom is -0.459 e. The van der Waals surface area contributed by atoms with Crippen molar-refractivity contribution in [2.24, 2.45) is 0 Å². The molecule has 0 fully saturated rings. The van der Waals surface area contributed by atoms with Crippen LogP contribution in [0.4, 0.5) is 0 Å². The highest BCUT2D eigenvalue weighted by Gasteiger charge is 2.01. The highest BCUT2D eigenvalue weighted by Crippen LogP contribution is 1.97. The van der Waals surface area contributed by atoms with E-state index in [1.165, 1.54) is 0 Å². The van der Waals surface area contributed by atoms with Gasteiger partial charge in [-0.25, -0.2) is 0 Å². The quantitative estimate of drug-likeness (QED) is 0.658. The molecule has 2 N–H and O–H groups in total. The Morgan fingerprint density at radius 3 is 3.15 bits per heavy atom. The maximum atomic E-state index is 11.0. The van der Waals surface area contributed by atoms with Crippen molar-refractivity contribution in [3.05, 3.63) is 24.0 Å². The van der Waals surface area contributed by atoms with Gasteiger partial charge in [0.05, 0.1) is 12.1 Å². The van der Waals surface area contributed by atoms with Crippen molar-refractivity contribution < 1.29 is 9.53 Å². The Morgan fingerprint density at radius 1 is 1.69 bits per heavy atom. The minimum absolute atomic E-state index is 0.177. The van der Waals surface area contributed by atoms with Gasteiger partial charge in [-0.1, -0.05) is 0 Å². The molecule has 4 nitrogen and oxygen atoms in total. The molecule has 72 valence electrons. The normalized spacial score (nSPS) is 9.92. The van der Waals surface area contributed by atoms with Crippen molar-refractivity contribution in [1.29, 1.82) is 0 Å². The van der Waals surface area contributed by atoms with Crippen LogP contribution >= 0.6 is 0 Å². The summed E-state index contributed by atoms with van der Waals surface area (Å²) in [6, 6.07) is 3.75. The molecule has 0 bridgehead atoms. The molecular formula is C9H14N2O2. The first-order chi connectivity index (χ1) is 6.33. The van der Waals surface area contributed by atoms with Gasteiger partial charge in [0.1, 0.15) is 6.61 Å². The zero-order valence-corrected chi connectivity index (χ0v) is 7.67. The van der Waals surface area contributed by atoms with Gasteiger partial charge >= 0.3 is 5.97 Å².